The number of rotatable bonds is 24. The van der Waals surface area contributed by atoms with Crippen LogP contribution in [0.1, 0.15) is 149 Å². The van der Waals surface area contributed by atoms with E-state index in [1.807, 2.05) is 18.2 Å². The highest BCUT2D eigenvalue weighted by Gasteiger charge is 2.25. The number of sulfonamides is 1. The van der Waals surface area contributed by atoms with Crippen LogP contribution in [-0.4, -0.2) is 15.0 Å². The van der Waals surface area contributed by atoms with E-state index in [0.717, 1.165) is 30.6 Å². The zero-order valence-electron chi connectivity index (χ0n) is 26.6. The van der Waals surface area contributed by atoms with Gasteiger partial charge in [-0.2, -0.15) is 0 Å². The Morgan fingerprint density at radius 1 is 0.732 bits per heavy atom. The Labute approximate surface area is 253 Å². The van der Waals surface area contributed by atoms with Crippen molar-refractivity contribution in [2.24, 2.45) is 0 Å². The molecule has 0 spiro atoms. The van der Waals surface area contributed by atoms with Crippen molar-refractivity contribution in [1.29, 1.82) is 0 Å². The zero-order valence-corrected chi connectivity index (χ0v) is 27.4. The molecular weight excluding hydrogens is 526 g/mol. The van der Waals surface area contributed by atoms with E-state index in [1.165, 1.54) is 96.3 Å². The van der Waals surface area contributed by atoms with Crippen LogP contribution in [-0.2, 0) is 15.4 Å². The second kappa shape index (κ2) is 20.0. The Morgan fingerprint density at radius 2 is 1.24 bits per heavy atom. The lowest BCUT2D eigenvalue weighted by molar-refractivity contribution is 0.293. The minimum atomic E-state index is -3.68. The van der Waals surface area contributed by atoms with Crippen LogP contribution in [0.5, 0.6) is 5.75 Å². The summed E-state index contributed by atoms with van der Waals surface area (Å²) in [7, 11) is -3.68. The summed E-state index contributed by atoms with van der Waals surface area (Å²) in [6, 6.07) is 15.4. The summed E-state index contributed by atoms with van der Waals surface area (Å²) in [5.74, 6) is 0.769. The Balaban J connectivity index is 1.84. The summed E-state index contributed by atoms with van der Waals surface area (Å²) >= 11 is 0. The molecule has 0 aliphatic carbocycles. The third kappa shape index (κ3) is 14.1. The van der Waals surface area contributed by atoms with Crippen LogP contribution < -0.4 is 9.46 Å². The monoisotopic (exact) mass is 584 g/mol. The molecule has 0 heterocycles. The van der Waals surface area contributed by atoms with Crippen LogP contribution in [0.2, 0.25) is 0 Å². The SMILES string of the molecule is CCCCCCCCCCCCCCCCOc1cc(NS(=O)(=O)c2ccccc2)[c]cc1C(C)(C)CCCCC. The summed E-state index contributed by atoms with van der Waals surface area (Å²) in [5.41, 5.74) is 1.44. The van der Waals surface area contributed by atoms with Gasteiger partial charge in [0.25, 0.3) is 10.0 Å². The fourth-order valence-electron chi connectivity index (χ4n) is 5.41. The van der Waals surface area contributed by atoms with E-state index in [4.69, 9.17) is 4.74 Å². The van der Waals surface area contributed by atoms with E-state index in [9.17, 15) is 8.42 Å². The number of benzene rings is 2. The lowest BCUT2D eigenvalue weighted by atomic mass is 9.79. The molecule has 2 aromatic rings. The average molecular weight is 585 g/mol. The predicted molar refractivity (Wildman–Crippen MR) is 176 cm³/mol. The van der Waals surface area contributed by atoms with Gasteiger partial charge in [0, 0.05) is 17.7 Å². The van der Waals surface area contributed by atoms with Gasteiger partial charge >= 0.3 is 0 Å². The van der Waals surface area contributed by atoms with E-state index in [1.54, 1.807) is 24.3 Å². The molecule has 1 radical (unpaired) electrons. The summed E-state index contributed by atoms with van der Waals surface area (Å²) in [4.78, 5) is 0.238. The maximum Gasteiger partial charge on any atom is 0.261 e. The molecule has 0 aromatic heterocycles. The van der Waals surface area contributed by atoms with E-state index in [2.05, 4.69) is 38.5 Å². The first-order valence-corrected chi connectivity index (χ1v) is 18.1. The standard InChI is InChI=1S/C36H58NO3S/c1-5-7-9-10-11-12-13-14-15-16-17-18-19-24-30-40-35-31-32(37-41(38,39)33-25-21-20-22-26-33)27-28-34(35)36(3,4)29-23-8-6-2/h20-22,25-26,28,31,37H,5-19,23-24,29-30H2,1-4H3. The molecule has 5 heteroatoms. The summed E-state index contributed by atoms with van der Waals surface area (Å²) in [5, 5.41) is 0. The molecule has 231 valence electrons. The van der Waals surface area contributed by atoms with Crippen molar-refractivity contribution in [3.63, 3.8) is 0 Å². The number of unbranched alkanes of at least 4 members (excludes halogenated alkanes) is 15. The van der Waals surface area contributed by atoms with Gasteiger partial charge in [0.2, 0.25) is 0 Å². The van der Waals surface area contributed by atoms with Crippen molar-refractivity contribution in [3.05, 3.63) is 54.1 Å². The molecular formula is C36H58NO3S. The average Bonchev–Trinajstić information content (AvgIpc) is 2.95. The van der Waals surface area contributed by atoms with Gasteiger partial charge in [-0.3, -0.25) is 4.72 Å². The topological polar surface area (TPSA) is 55.4 Å². The third-order valence-electron chi connectivity index (χ3n) is 8.10. The molecule has 4 nitrogen and oxygen atoms in total. The van der Waals surface area contributed by atoms with E-state index in [0.29, 0.717) is 12.3 Å². The molecule has 2 rings (SSSR count). The zero-order chi connectivity index (χ0) is 29.8. The van der Waals surface area contributed by atoms with Crippen LogP contribution in [0.3, 0.4) is 0 Å². The van der Waals surface area contributed by atoms with Crippen molar-refractivity contribution >= 4 is 15.7 Å². The fourth-order valence-corrected chi connectivity index (χ4v) is 6.45. The molecule has 1 N–H and O–H groups in total. The Hall–Kier alpha value is -2.01. The smallest absolute Gasteiger partial charge is 0.261 e. The molecule has 0 aliphatic heterocycles. The van der Waals surface area contributed by atoms with Gasteiger partial charge in [0.1, 0.15) is 5.75 Å². The molecule has 0 saturated heterocycles. The van der Waals surface area contributed by atoms with Gasteiger partial charge in [0.05, 0.1) is 17.2 Å². The number of anilines is 1. The minimum Gasteiger partial charge on any atom is -0.493 e. The molecule has 2 aromatic carbocycles. The number of hydrogen-bond acceptors (Lipinski definition) is 3. The Morgan fingerprint density at radius 3 is 1.80 bits per heavy atom. The third-order valence-corrected chi connectivity index (χ3v) is 9.48. The van der Waals surface area contributed by atoms with Crippen molar-refractivity contribution in [3.8, 4) is 5.75 Å². The molecule has 0 unspecified atom stereocenters. The number of hydrogen-bond donors (Lipinski definition) is 1. The molecule has 0 atom stereocenters. The van der Waals surface area contributed by atoms with E-state index >= 15 is 0 Å². The van der Waals surface area contributed by atoms with Crippen molar-refractivity contribution in [1.82, 2.24) is 0 Å². The summed E-state index contributed by atoms with van der Waals surface area (Å²) in [6.07, 6.45) is 23.2. The van der Waals surface area contributed by atoms with Gasteiger partial charge in [-0.1, -0.05) is 149 Å². The van der Waals surface area contributed by atoms with E-state index in [-0.39, 0.29) is 10.3 Å². The molecule has 0 amide bonds. The van der Waals surface area contributed by atoms with Gasteiger partial charge in [-0.15, -0.1) is 0 Å². The fraction of sp³-hybridized carbons (Fsp3) is 0.667. The van der Waals surface area contributed by atoms with Crippen LogP contribution in [0.25, 0.3) is 0 Å². The van der Waals surface area contributed by atoms with Crippen LogP contribution in [0, 0.1) is 6.07 Å². The first-order chi connectivity index (χ1) is 19.8. The Kier molecular flexibility index (Phi) is 17.2. The van der Waals surface area contributed by atoms with Crippen molar-refractivity contribution in [2.45, 2.75) is 154 Å². The lowest BCUT2D eigenvalue weighted by Crippen LogP contribution is -2.19. The molecule has 0 aliphatic rings. The van der Waals surface area contributed by atoms with Crippen LogP contribution >= 0.6 is 0 Å². The number of ether oxygens (including phenoxy) is 1. The van der Waals surface area contributed by atoms with E-state index < -0.39 is 10.0 Å². The van der Waals surface area contributed by atoms with Crippen molar-refractivity contribution in [2.75, 3.05) is 11.3 Å². The molecule has 41 heavy (non-hydrogen) atoms. The molecule has 0 saturated carbocycles. The van der Waals surface area contributed by atoms with Gasteiger partial charge < -0.3 is 4.74 Å². The minimum absolute atomic E-state index is 0.0760. The Bertz CT molecular complexity index is 1050. The van der Waals surface area contributed by atoms with Crippen LogP contribution in [0.15, 0.2) is 47.4 Å². The number of nitrogens with one attached hydrogen (secondary N) is 1. The quantitative estimate of drug-likeness (QED) is 0.125. The first-order valence-electron chi connectivity index (χ1n) is 16.6. The van der Waals surface area contributed by atoms with Gasteiger partial charge in [-0.05, 0) is 36.5 Å². The second-order valence-corrected chi connectivity index (χ2v) is 14.0. The first kappa shape index (κ1) is 35.2. The highest BCUT2D eigenvalue weighted by molar-refractivity contribution is 7.92. The van der Waals surface area contributed by atoms with Gasteiger partial charge in [-0.25, -0.2) is 8.42 Å². The highest BCUT2D eigenvalue weighted by atomic mass is 32.2. The maximum atomic E-state index is 12.9. The maximum absolute atomic E-state index is 12.9. The molecule has 0 fully saturated rings. The summed E-state index contributed by atoms with van der Waals surface area (Å²) in [6.45, 7) is 9.64. The lowest BCUT2D eigenvalue weighted by Gasteiger charge is -2.28. The largest absolute Gasteiger partial charge is 0.493 e. The predicted octanol–water partition coefficient (Wildman–Crippen LogP) is 11.0. The van der Waals surface area contributed by atoms with Crippen molar-refractivity contribution < 1.29 is 13.2 Å². The normalized spacial score (nSPS) is 12.0. The second-order valence-electron chi connectivity index (χ2n) is 12.3. The summed E-state index contributed by atoms with van der Waals surface area (Å²) < 4.78 is 34.8. The molecule has 0 bridgehead atoms. The highest BCUT2D eigenvalue weighted by Crippen LogP contribution is 2.37. The van der Waals surface area contributed by atoms with Crippen LogP contribution in [0.4, 0.5) is 5.69 Å². The van der Waals surface area contributed by atoms with Gasteiger partial charge in [0.15, 0.2) is 0 Å².